The first kappa shape index (κ1) is 23.8. The Morgan fingerprint density at radius 1 is 1.18 bits per heavy atom. The lowest BCUT2D eigenvalue weighted by Gasteiger charge is -2.22. The van der Waals surface area contributed by atoms with E-state index in [1.54, 1.807) is 13.1 Å². The SMILES string of the molecule is CN=C(NCCCNC(=O)c1occc1C)N(C)CCOc1ccccc1.I. The molecular formula is C20H29IN4O3. The number of nitrogens with zero attached hydrogens (tertiary/aromatic N) is 2. The number of benzene rings is 1. The first-order valence-corrected chi connectivity index (χ1v) is 9.03. The molecule has 28 heavy (non-hydrogen) atoms. The number of carbonyl (C=O) groups is 1. The summed E-state index contributed by atoms with van der Waals surface area (Å²) in [5.74, 6) is 1.84. The second-order valence-electron chi connectivity index (χ2n) is 6.10. The summed E-state index contributed by atoms with van der Waals surface area (Å²) in [4.78, 5) is 18.2. The average Bonchev–Trinajstić information content (AvgIpc) is 3.11. The molecule has 0 spiro atoms. The molecule has 1 heterocycles. The molecule has 0 atom stereocenters. The van der Waals surface area contributed by atoms with Gasteiger partial charge in [0.25, 0.3) is 5.91 Å². The van der Waals surface area contributed by atoms with E-state index in [4.69, 9.17) is 9.15 Å². The molecule has 0 fully saturated rings. The highest BCUT2D eigenvalue weighted by molar-refractivity contribution is 14.0. The molecule has 2 N–H and O–H groups in total. The molecule has 2 aromatic rings. The number of para-hydroxylation sites is 1. The maximum absolute atomic E-state index is 12.0. The summed E-state index contributed by atoms with van der Waals surface area (Å²) in [7, 11) is 3.71. The van der Waals surface area contributed by atoms with Crippen molar-refractivity contribution in [3.63, 3.8) is 0 Å². The van der Waals surface area contributed by atoms with E-state index < -0.39 is 0 Å². The van der Waals surface area contributed by atoms with Crippen LogP contribution in [-0.4, -0.2) is 57.1 Å². The fraction of sp³-hybridized carbons (Fsp3) is 0.400. The Kier molecular flexibility index (Phi) is 11.1. The van der Waals surface area contributed by atoms with Crippen molar-refractivity contribution in [1.29, 1.82) is 0 Å². The predicted octanol–water partition coefficient (Wildman–Crippen LogP) is 2.91. The summed E-state index contributed by atoms with van der Waals surface area (Å²) < 4.78 is 10.9. The topological polar surface area (TPSA) is 79.1 Å². The molecule has 1 aromatic heterocycles. The zero-order valence-corrected chi connectivity index (χ0v) is 18.9. The van der Waals surface area contributed by atoms with Gasteiger partial charge < -0.3 is 24.7 Å². The van der Waals surface area contributed by atoms with Crippen LogP contribution in [0.15, 0.2) is 52.1 Å². The van der Waals surface area contributed by atoms with Crippen LogP contribution < -0.4 is 15.4 Å². The van der Waals surface area contributed by atoms with E-state index in [1.165, 1.54) is 6.26 Å². The summed E-state index contributed by atoms with van der Waals surface area (Å²) in [6.07, 6.45) is 2.30. The van der Waals surface area contributed by atoms with E-state index >= 15 is 0 Å². The van der Waals surface area contributed by atoms with E-state index in [1.807, 2.05) is 49.2 Å². The number of likely N-dealkylation sites (N-methyl/N-ethyl adjacent to an activating group) is 1. The van der Waals surface area contributed by atoms with Crippen molar-refractivity contribution in [3.05, 3.63) is 54.0 Å². The lowest BCUT2D eigenvalue weighted by Crippen LogP contribution is -2.41. The van der Waals surface area contributed by atoms with Gasteiger partial charge in [-0.15, -0.1) is 24.0 Å². The van der Waals surface area contributed by atoms with Crippen molar-refractivity contribution in [1.82, 2.24) is 15.5 Å². The number of hydrogen-bond acceptors (Lipinski definition) is 4. The largest absolute Gasteiger partial charge is 0.492 e. The van der Waals surface area contributed by atoms with Crippen molar-refractivity contribution < 1.29 is 13.9 Å². The van der Waals surface area contributed by atoms with Crippen molar-refractivity contribution >= 4 is 35.8 Å². The van der Waals surface area contributed by atoms with Gasteiger partial charge in [0.05, 0.1) is 12.8 Å². The number of nitrogens with one attached hydrogen (secondary N) is 2. The number of amides is 1. The minimum atomic E-state index is -0.183. The summed E-state index contributed by atoms with van der Waals surface area (Å²) in [5.41, 5.74) is 0.838. The van der Waals surface area contributed by atoms with Crippen molar-refractivity contribution in [3.8, 4) is 5.75 Å². The Morgan fingerprint density at radius 3 is 2.54 bits per heavy atom. The normalized spacial score (nSPS) is 10.8. The molecule has 1 amide bonds. The van der Waals surface area contributed by atoms with Crippen LogP contribution >= 0.6 is 24.0 Å². The molecule has 0 bridgehead atoms. The minimum absolute atomic E-state index is 0. The van der Waals surface area contributed by atoms with Crippen LogP contribution in [-0.2, 0) is 0 Å². The lowest BCUT2D eigenvalue weighted by atomic mass is 10.2. The molecule has 7 nitrogen and oxygen atoms in total. The smallest absolute Gasteiger partial charge is 0.287 e. The van der Waals surface area contributed by atoms with Gasteiger partial charge in [-0.05, 0) is 31.5 Å². The highest BCUT2D eigenvalue weighted by Gasteiger charge is 2.11. The van der Waals surface area contributed by atoms with Gasteiger partial charge in [-0.25, -0.2) is 0 Å². The number of hydrogen-bond donors (Lipinski definition) is 2. The Labute approximate surface area is 183 Å². The monoisotopic (exact) mass is 500 g/mol. The number of guanidine groups is 1. The quantitative estimate of drug-likeness (QED) is 0.240. The highest BCUT2D eigenvalue weighted by Crippen LogP contribution is 2.08. The maximum Gasteiger partial charge on any atom is 0.287 e. The van der Waals surface area contributed by atoms with Gasteiger partial charge in [0, 0.05) is 32.7 Å². The fourth-order valence-electron chi connectivity index (χ4n) is 2.48. The Bertz CT molecular complexity index is 734. The molecule has 1 aromatic carbocycles. The van der Waals surface area contributed by atoms with Gasteiger partial charge in [-0.3, -0.25) is 9.79 Å². The molecule has 0 aliphatic rings. The first-order valence-electron chi connectivity index (χ1n) is 9.03. The number of aliphatic imine (C=N–C) groups is 1. The molecule has 0 unspecified atom stereocenters. The Balaban J connectivity index is 0.00000392. The van der Waals surface area contributed by atoms with Crippen LogP contribution in [0, 0.1) is 6.92 Å². The molecular weight excluding hydrogens is 471 g/mol. The van der Waals surface area contributed by atoms with Gasteiger partial charge in [-0.2, -0.15) is 0 Å². The number of halogens is 1. The molecule has 2 rings (SSSR count). The molecule has 0 radical (unpaired) electrons. The summed E-state index contributed by atoms with van der Waals surface area (Å²) >= 11 is 0. The third kappa shape index (κ3) is 7.79. The molecule has 154 valence electrons. The average molecular weight is 500 g/mol. The van der Waals surface area contributed by atoms with Gasteiger partial charge in [0.2, 0.25) is 0 Å². The van der Waals surface area contributed by atoms with Crippen LogP contribution in [0.25, 0.3) is 0 Å². The Morgan fingerprint density at radius 2 is 1.89 bits per heavy atom. The predicted molar refractivity (Wildman–Crippen MR) is 122 cm³/mol. The molecule has 0 aliphatic heterocycles. The number of ether oxygens (including phenoxy) is 1. The maximum atomic E-state index is 12.0. The number of furan rings is 1. The van der Waals surface area contributed by atoms with Crippen LogP contribution in [0.1, 0.15) is 22.5 Å². The van der Waals surface area contributed by atoms with Crippen LogP contribution in [0.3, 0.4) is 0 Å². The van der Waals surface area contributed by atoms with Crippen LogP contribution in [0.4, 0.5) is 0 Å². The van der Waals surface area contributed by atoms with Crippen molar-refractivity contribution in [2.45, 2.75) is 13.3 Å². The van der Waals surface area contributed by atoms with Gasteiger partial charge in [0.15, 0.2) is 11.7 Å². The number of aryl methyl sites for hydroxylation is 1. The van der Waals surface area contributed by atoms with E-state index in [9.17, 15) is 4.79 Å². The Hall–Kier alpha value is -2.23. The molecule has 0 aliphatic carbocycles. The second-order valence-corrected chi connectivity index (χ2v) is 6.10. The highest BCUT2D eigenvalue weighted by atomic mass is 127. The van der Waals surface area contributed by atoms with Gasteiger partial charge in [-0.1, -0.05) is 18.2 Å². The van der Waals surface area contributed by atoms with Gasteiger partial charge >= 0.3 is 0 Å². The van der Waals surface area contributed by atoms with Gasteiger partial charge in [0.1, 0.15) is 12.4 Å². The zero-order valence-electron chi connectivity index (χ0n) is 16.6. The molecule has 0 saturated carbocycles. The second kappa shape index (κ2) is 13.0. The van der Waals surface area contributed by atoms with Crippen molar-refractivity contribution in [2.24, 2.45) is 4.99 Å². The van der Waals surface area contributed by atoms with E-state index in [0.717, 1.165) is 23.7 Å². The van der Waals surface area contributed by atoms with E-state index in [0.29, 0.717) is 32.0 Å². The molecule has 0 saturated heterocycles. The number of carbonyl (C=O) groups excluding carboxylic acids is 1. The van der Waals surface area contributed by atoms with E-state index in [2.05, 4.69) is 15.6 Å². The molecule has 8 heteroatoms. The zero-order chi connectivity index (χ0) is 19.5. The number of rotatable bonds is 9. The van der Waals surface area contributed by atoms with Crippen LogP contribution in [0.2, 0.25) is 0 Å². The summed E-state index contributed by atoms with van der Waals surface area (Å²) in [6, 6.07) is 11.5. The fourth-order valence-corrected chi connectivity index (χ4v) is 2.48. The first-order chi connectivity index (χ1) is 13.1. The van der Waals surface area contributed by atoms with Crippen LogP contribution in [0.5, 0.6) is 5.75 Å². The third-order valence-electron chi connectivity index (χ3n) is 4.00. The van der Waals surface area contributed by atoms with E-state index in [-0.39, 0.29) is 29.9 Å². The standard InChI is InChI=1S/C20H28N4O3.HI/c1-16-10-14-27-18(16)19(25)22-11-7-12-23-20(21-2)24(3)13-15-26-17-8-5-4-6-9-17;/h4-6,8-10,14H,7,11-13,15H2,1-3H3,(H,21,23)(H,22,25);1H. The third-order valence-corrected chi connectivity index (χ3v) is 4.00. The lowest BCUT2D eigenvalue weighted by molar-refractivity contribution is 0.0925. The summed E-state index contributed by atoms with van der Waals surface area (Å²) in [6.45, 7) is 4.39. The summed E-state index contributed by atoms with van der Waals surface area (Å²) in [5, 5.41) is 6.14. The minimum Gasteiger partial charge on any atom is -0.492 e. The van der Waals surface area contributed by atoms with Crippen molar-refractivity contribution in [2.75, 3.05) is 40.3 Å².